The quantitative estimate of drug-likeness (QED) is 0.398. The number of hydrogen-bond donors (Lipinski definition) is 1. The topological polar surface area (TPSA) is 41.6 Å². The molecular weight excluding hydrogens is 408 g/mol. The second-order valence-corrected chi connectivity index (χ2v) is 8.34. The van der Waals surface area contributed by atoms with Crippen molar-refractivity contribution in [3.05, 3.63) is 137 Å². The predicted octanol–water partition coefficient (Wildman–Crippen LogP) is 6.11. The number of nitrogens with zero attached hydrogens (tertiary/aromatic N) is 1. The molecule has 0 bridgehead atoms. The van der Waals surface area contributed by atoms with Gasteiger partial charge in [-0.1, -0.05) is 96.6 Å². The van der Waals surface area contributed by atoms with Crippen LogP contribution in [0.15, 0.2) is 109 Å². The Morgan fingerprint density at radius 2 is 1.30 bits per heavy atom. The summed E-state index contributed by atoms with van der Waals surface area (Å²) in [6.45, 7) is 2.06. The molecule has 5 rings (SSSR count). The van der Waals surface area contributed by atoms with E-state index < -0.39 is 5.66 Å². The lowest BCUT2D eigenvalue weighted by Crippen LogP contribution is -2.53. The van der Waals surface area contributed by atoms with Gasteiger partial charge in [0.15, 0.2) is 5.66 Å². The zero-order chi connectivity index (χ0) is 22.8. The molecular formula is C29H26N2O2. The first kappa shape index (κ1) is 21.0. The second-order valence-electron chi connectivity index (χ2n) is 8.34. The summed E-state index contributed by atoms with van der Waals surface area (Å²) in [7, 11) is 1.56. The smallest absolute Gasteiger partial charge is 0.280 e. The normalized spacial score (nSPS) is 17.3. The molecule has 0 fully saturated rings. The first-order valence-corrected chi connectivity index (χ1v) is 11.1. The third-order valence-corrected chi connectivity index (χ3v) is 6.33. The fraction of sp³-hybridized carbons (Fsp3) is 0.138. The molecule has 1 amide bonds. The highest BCUT2D eigenvalue weighted by atomic mass is 16.7. The number of fused-ring (bicyclic) bond motifs is 1. The molecule has 1 atom stereocenters. The summed E-state index contributed by atoms with van der Waals surface area (Å²) in [4.78, 5) is 19.5. The van der Waals surface area contributed by atoms with Gasteiger partial charge in [-0.3, -0.25) is 9.63 Å². The van der Waals surface area contributed by atoms with Crippen LogP contribution in [-0.2, 0) is 10.5 Å². The lowest BCUT2D eigenvalue weighted by atomic mass is 9.76. The minimum absolute atomic E-state index is 0.162. The van der Waals surface area contributed by atoms with Crippen molar-refractivity contribution >= 4 is 11.6 Å². The Hall–Kier alpha value is -3.89. The predicted molar refractivity (Wildman–Crippen MR) is 131 cm³/mol. The van der Waals surface area contributed by atoms with E-state index in [4.69, 9.17) is 4.84 Å². The molecule has 0 aliphatic carbocycles. The molecule has 1 heterocycles. The third-order valence-electron chi connectivity index (χ3n) is 6.33. The zero-order valence-electron chi connectivity index (χ0n) is 18.7. The first-order chi connectivity index (χ1) is 16.1. The van der Waals surface area contributed by atoms with E-state index in [0.717, 1.165) is 22.4 Å². The standard InChI is InChI=1S/C29H26N2O2/c1-21-17-19-24(20-18-21)30-29(26-16-10-9-15-25(26)28(32)31(29)33-2)27(22-11-5-3-6-12-22)23-13-7-4-8-14-23/h3-20,27,30H,1-2H3. The van der Waals surface area contributed by atoms with Crippen molar-refractivity contribution in [1.82, 2.24) is 5.06 Å². The maximum atomic E-state index is 13.6. The number of amides is 1. The summed E-state index contributed by atoms with van der Waals surface area (Å²) >= 11 is 0. The molecule has 0 radical (unpaired) electrons. The highest BCUT2D eigenvalue weighted by molar-refractivity contribution is 6.00. The van der Waals surface area contributed by atoms with E-state index in [1.165, 1.54) is 10.6 Å². The highest BCUT2D eigenvalue weighted by Gasteiger charge is 2.56. The van der Waals surface area contributed by atoms with Gasteiger partial charge in [0.25, 0.3) is 5.91 Å². The van der Waals surface area contributed by atoms with Gasteiger partial charge >= 0.3 is 0 Å². The van der Waals surface area contributed by atoms with Crippen LogP contribution in [0.3, 0.4) is 0 Å². The number of nitrogens with one attached hydrogen (secondary N) is 1. The summed E-state index contributed by atoms with van der Waals surface area (Å²) in [5, 5.41) is 5.25. The third kappa shape index (κ3) is 3.49. The van der Waals surface area contributed by atoms with Crippen LogP contribution < -0.4 is 5.32 Å². The van der Waals surface area contributed by atoms with Gasteiger partial charge in [0.1, 0.15) is 0 Å². The SMILES string of the molecule is CON1C(=O)c2ccccc2C1(Nc1ccc(C)cc1)C(c1ccccc1)c1ccccc1. The summed E-state index contributed by atoms with van der Waals surface area (Å²) in [6, 6.07) is 36.6. The average Bonchev–Trinajstić information content (AvgIpc) is 3.10. The van der Waals surface area contributed by atoms with Gasteiger partial charge in [-0.15, -0.1) is 0 Å². The Kier molecular flexibility index (Phi) is 5.45. The lowest BCUT2D eigenvalue weighted by Gasteiger charge is -2.45. The Labute approximate surface area is 194 Å². The van der Waals surface area contributed by atoms with E-state index in [9.17, 15) is 4.79 Å². The van der Waals surface area contributed by atoms with Gasteiger partial charge in [0.2, 0.25) is 0 Å². The van der Waals surface area contributed by atoms with Crippen LogP contribution >= 0.6 is 0 Å². The number of hydroxylamine groups is 2. The minimum atomic E-state index is -1.000. The van der Waals surface area contributed by atoms with Crippen molar-refractivity contribution in [2.45, 2.75) is 18.5 Å². The van der Waals surface area contributed by atoms with Crippen LogP contribution in [0.5, 0.6) is 0 Å². The van der Waals surface area contributed by atoms with Crippen LogP contribution in [0.2, 0.25) is 0 Å². The minimum Gasteiger partial charge on any atom is -0.356 e. The van der Waals surface area contributed by atoms with Crippen LogP contribution in [0.4, 0.5) is 5.69 Å². The zero-order valence-corrected chi connectivity index (χ0v) is 18.7. The van der Waals surface area contributed by atoms with Gasteiger partial charge in [0, 0.05) is 16.8 Å². The fourth-order valence-electron chi connectivity index (χ4n) is 4.89. The van der Waals surface area contributed by atoms with Crippen LogP contribution in [0, 0.1) is 6.92 Å². The van der Waals surface area contributed by atoms with E-state index in [1.54, 1.807) is 7.11 Å². The number of rotatable bonds is 6. The lowest BCUT2D eigenvalue weighted by molar-refractivity contribution is -0.155. The van der Waals surface area contributed by atoms with Crippen molar-refractivity contribution in [2.24, 2.45) is 0 Å². The molecule has 0 saturated heterocycles. The Balaban J connectivity index is 1.83. The summed E-state index contributed by atoms with van der Waals surface area (Å²) in [6.07, 6.45) is 0. The van der Waals surface area contributed by atoms with Crippen molar-refractivity contribution in [3.8, 4) is 0 Å². The van der Waals surface area contributed by atoms with E-state index in [-0.39, 0.29) is 11.8 Å². The molecule has 0 spiro atoms. The van der Waals surface area contributed by atoms with Crippen molar-refractivity contribution in [2.75, 3.05) is 12.4 Å². The maximum Gasteiger partial charge on any atom is 0.280 e. The maximum absolute atomic E-state index is 13.6. The van der Waals surface area contributed by atoms with E-state index in [1.807, 2.05) is 72.8 Å². The number of aryl methyl sites for hydroxylation is 1. The number of hydrogen-bond acceptors (Lipinski definition) is 3. The molecule has 164 valence electrons. The Bertz CT molecular complexity index is 1220. The molecule has 0 aromatic heterocycles. The molecule has 4 nitrogen and oxygen atoms in total. The molecule has 1 aliphatic rings. The fourth-order valence-corrected chi connectivity index (χ4v) is 4.89. The monoisotopic (exact) mass is 434 g/mol. The van der Waals surface area contributed by atoms with Crippen molar-refractivity contribution in [1.29, 1.82) is 0 Å². The van der Waals surface area contributed by atoms with Gasteiger partial charge in [-0.2, -0.15) is 5.06 Å². The highest BCUT2D eigenvalue weighted by Crippen LogP contribution is 2.51. The molecule has 1 aliphatic heterocycles. The van der Waals surface area contributed by atoms with E-state index >= 15 is 0 Å². The number of benzene rings is 4. The summed E-state index contributed by atoms with van der Waals surface area (Å²) in [5.41, 5.74) is 4.75. The Morgan fingerprint density at radius 1 is 0.758 bits per heavy atom. The van der Waals surface area contributed by atoms with Crippen LogP contribution in [0.25, 0.3) is 0 Å². The molecule has 1 N–H and O–H groups in total. The molecule has 1 unspecified atom stereocenters. The largest absolute Gasteiger partial charge is 0.356 e. The van der Waals surface area contributed by atoms with Gasteiger partial charge in [-0.25, -0.2) is 0 Å². The average molecular weight is 435 g/mol. The summed E-state index contributed by atoms with van der Waals surface area (Å²) in [5.74, 6) is -0.404. The van der Waals surface area contributed by atoms with Gasteiger partial charge in [0.05, 0.1) is 13.0 Å². The van der Waals surface area contributed by atoms with Crippen molar-refractivity contribution < 1.29 is 9.63 Å². The van der Waals surface area contributed by atoms with Crippen LogP contribution in [-0.4, -0.2) is 18.1 Å². The molecule has 0 saturated carbocycles. The summed E-state index contributed by atoms with van der Waals surface area (Å²) < 4.78 is 0. The van der Waals surface area contributed by atoms with Gasteiger partial charge in [-0.05, 0) is 36.2 Å². The molecule has 4 aromatic carbocycles. The number of anilines is 1. The van der Waals surface area contributed by atoms with E-state index in [2.05, 4.69) is 48.6 Å². The first-order valence-electron chi connectivity index (χ1n) is 11.1. The van der Waals surface area contributed by atoms with E-state index in [0.29, 0.717) is 5.56 Å². The van der Waals surface area contributed by atoms with Gasteiger partial charge < -0.3 is 5.32 Å². The van der Waals surface area contributed by atoms with Crippen LogP contribution in [0.1, 0.15) is 38.5 Å². The molecule has 4 aromatic rings. The van der Waals surface area contributed by atoms with Crippen molar-refractivity contribution in [3.63, 3.8) is 0 Å². The molecule has 33 heavy (non-hydrogen) atoms. The Morgan fingerprint density at radius 3 is 1.88 bits per heavy atom. The number of carbonyl (C=O) groups excluding carboxylic acids is 1. The molecule has 4 heteroatoms. The second kappa shape index (κ2) is 8.57. The number of carbonyl (C=O) groups is 1.